The summed E-state index contributed by atoms with van der Waals surface area (Å²) in [6, 6.07) is 81.3. The summed E-state index contributed by atoms with van der Waals surface area (Å²) >= 11 is 0. The summed E-state index contributed by atoms with van der Waals surface area (Å²) in [5, 5.41) is 2.51. The van der Waals surface area contributed by atoms with Crippen LogP contribution in [-0.4, -0.2) is 4.57 Å². The number of aromatic nitrogens is 1. The summed E-state index contributed by atoms with van der Waals surface area (Å²) in [5.41, 5.74) is 20.3. The van der Waals surface area contributed by atoms with Gasteiger partial charge in [-0.3, -0.25) is 0 Å². The Labute approximate surface area is 369 Å². The predicted molar refractivity (Wildman–Crippen MR) is 263 cm³/mol. The molecule has 0 amide bonds. The zero-order valence-electron chi connectivity index (χ0n) is 35.2. The van der Waals surface area contributed by atoms with E-state index in [9.17, 15) is 0 Å². The van der Waals surface area contributed by atoms with Crippen molar-refractivity contribution in [3.63, 3.8) is 0 Å². The molecule has 0 N–H and O–H groups in total. The minimum atomic E-state index is 0.0630. The molecule has 1 heterocycles. The number of fused-ring (bicyclic) bond motifs is 11. The Balaban J connectivity index is 1.07. The van der Waals surface area contributed by atoms with E-state index in [-0.39, 0.29) is 5.41 Å². The molecule has 3 atom stereocenters. The van der Waals surface area contributed by atoms with Crippen LogP contribution >= 0.6 is 0 Å². The SMILES string of the molecule is c1ccc(-c2ccccc2-c2ccccc2-c2ccccc2N(c2ccc3c(c2)C2(CC4CCC2C4)c2ccccc2-3)c2ccc3c4ccccc4n(-c4ccccc4)c3c2)cc1. The summed E-state index contributed by atoms with van der Waals surface area (Å²) in [6.07, 6.45) is 5.27. The van der Waals surface area contributed by atoms with Gasteiger partial charge in [0.15, 0.2) is 0 Å². The second-order valence-corrected chi connectivity index (χ2v) is 18.0. The van der Waals surface area contributed by atoms with E-state index in [1.54, 1.807) is 5.56 Å². The highest BCUT2D eigenvalue weighted by atomic mass is 15.1. The normalized spacial score (nSPS) is 18.3. The molecule has 3 unspecified atom stereocenters. The van der Waals surface area contributed by atoms with E-state index in [4.69, 9.17) is 0 Å². The second-order valence-electron chi connectivity index (χ2n) is 18.0. The maximum absolute atomic E-state index is 2.60. The summed E-state index contributed by atoms with van der Waals surface area (Å²) < 4.78 is 2.44. The van der Waals surface area contributed by atoms with Crippen molar-refractivity contribution in [2.45, 2.75) is 31.1 Å². The molecule has 1 aromatic heterocycles. The van der Waals surface area contributed by atoms with Crippen LogP contribution in [0, 0.1) is 11.8 Å². The third kappa shape index (κ3) is 5.50. The van der Waals surface area contributed by atoms with Crippen LogP contribution in [-0.2, 0) is 5.41 Å². The summed E-state index contributed by atoms with van der Waals surface area (Å²) in [7, 11) is 0. The van der Waals surface area contributed by atoms with Crippen molar-refractivity contribution < 1.29 is 0 Å². The fourth-order valence-electron chi connectivity index (χ4n) is 12.3. The Bertz CT molecular complexity index is 3380. The summed E-state index contributed by atoms with van der Waals surface area (Å²) in [4.78, 5) is 2.56. The van der Waals surface area contributed by atoms with Gasteiger partial charge in [0.25, 0.3) is 0 Å². The van der Waals surface area contributed by atoms with Crippen molar-refractivity contribution in [2.75, 3.05) is 4.90 Å². The monoisotopic (exact) mass is 806 g/mol. The van der Waals surface area contributed by atoms with Gasteiger partial charge in [0, 0.05) is 38.8 Å². The van der Waals surface area contributed by atoms with Crippen LogP contribution in [0.4, 0.5) is 17.1 Å². The molecule has 0 saturated heterocycles. The molecule has 2 heteroatoms. The molecular weight excluding hydrogens is 761 g/mol. The van der Waals surface area contributed by atoms with Gasteiger partial charge in [0.2, 0.25) is 0 Å². The van der Waals surface area contributed by atoms with Crippen molar-refractivity contribution in [3.05, 3.63) is 230 Å². The highest BCUT2D eigenvalue weighted by molar-refractivity contribution is 6.11. The molecular formula is C61H46N2. The average molecular weight is 807 g/mol. The minimum absolute atomic E-state index is 0.0630. The van der Waals surface area contributed by atoms with Gasteiger partial charge < -0.3 is 9.47 Å². The molecule has 2 nitrogen and oxygen atoms in total. The van der Waals surface area contributed by atoms with Gasteiger partial charge in [0.05, 0.1) is 16.7 Å². The van der Waals surface area contributed by atoms with Crippen molar-refractivity contribution in [1.29, 1.82) is 0 Å². The van der Waals surface area contributed by atoms with E-state index >= 15 is 0 Å². The van der Waals surface area contributed by atoms with E-state index in [2.05, 4.69) is 228 Å². The number of hydrogen-bond donors (Lipinski definition) is 0. The molecule has 0 radical (unpaired) electrons. The van der Waals surface area contributed by atoms with Crippen LogP contribution in [0.25, 0.3) is 72.0 Å². The van der Waals surface area contributed by atoms with Gasteiger partial charge >= 0.3 is 0 Å². The quantitative estimate of drug-likeness (QED) is 0.156. The van der Waals surface area contributed by atoms with Gasteiger partial charge in [-0.05, 0) is 130 Å². The van der Waals surface area contributed by atoms with Crippen LogP contribution < -0.4 is 4.90 Å². The zero-order chi connectivity index (χ0) is 41.5. The average Bonchev–Trinajstić information content (AvgIpc) is 4.13. The van der Waals surface area contributed by atoms with Crippen molar-refractivity contribution in [3.8, 4) is 50.2 Å². The number of hydrogen-bond acceptors (Lipinski definition) is 1. The molecule has 9 aromatic carbocycles. The lowest BCUT2D eigenvalue weighted by atomic mass is 9.67. The number of nitrogens with zero attached hydrogens (tertiary/aromatic N) is 2. The third-order valence-corrected chi connectivity index (χ3v) is 14.9. The fourth-order valence-corrected chi connectivity index (χ4v) is 12.3. The Morgan fingerprint density at radius 1 is 0.413 bits per heavy atom. The van der Waals surface area contributed by atoms with Crippen molar-refractivity contribution in [1.82, 2.24) is 4.57 Å². The van der Waals surface area contributed by atoms with Crippen LogP contribution in [0.3, 0.4) is 0 Å². The maximum Gasteiger partial charge on any atom is 0.0561 e. The Kier molecular flexibility index (Phi) is 8.24. The lowest BCUT2D eigenvalue weighted by Crippen LogP contribution is -2.32. The second kappa shape index (κ2) is 14.3. The molecule has 3 aliphatic carbocycles. The van der Waals surface area contributed by atoms with Crippen LogP contribution in [0.15, 0.2) is 218 Å². The fraction of sp³-hybridized carbons (Fsp3) is 0.115. The van der Waals surface area contributed by atoms with Crippen molar-refractivity contribution >= 4 is 38.9 Å². The predicted octanol–water partition coefficient (Wildman–Crippen LogP) is 16.3. The smallest absolute Gasteiger partial charge is 0.0561 e. The van der Waals surface area contributed by atoms with Gasteiger partial charge in [-0.15, -0.1) is 0 Å². The Morgan fingerprint density at radius 2 is 0.984 bits per heavy atom. The summed E-state index contributed by atoms with van der Waals surface area (Å²) in [5.74, 6) is 1.47. The topological polar surface area (TPSA) is 8.17 Å². The van der Waals surface area contributed by atoms with E-state index in [0.29, 0.717) is 5.92 Å². The molecule has 2 fully saturated rings. The number of benzene rings is 9. The molecule has 300 valence electrons. The van der Waals surface area contributed by atoms with E-state index in [1.165, 1.54) is 103 Å². The number of rotatable bonds is 7. The summed E-state index contributed by atoms with van der Waals surface area (Å²) in [6.45, 7) is 0. The van der Waals surface area contributed by atoms with Crippen molar-refractivity contribution in [2.24, 2.45) is 11.8 Å². The van der Waals surface area contributed by atoms with Gasteiger partial charge in [0.1, 0.15) is 0 Å². The largest absolute Gasteiger partial charge is 0.310 e. The first-order valence-corrected chi connectivity index (χ1v) is 22.7. The third-order valence-electron chi connectivity index (χ3n) is 14.9. The molecule has 0 aliphatic heterocycles. The lowest BCUT2D eigenvalue weighted by molar-refractivity contribution is 0.327. The first-order chi connectivity index (χ1) is 31.2. The zero-order valence-corrected chi connectivity index (χ0v) is 35.2. The standard InChI is InChI=1S/C61H46N2/c1-3-17-42(18-4-1)47-21-7-8-22-48(47)49-23-9-10-24-50(49)53-26-12-15-29-58(53)62(46-34-36-55-54-27-13-16-30-59(54)63(60(55)39-46)44-19-5-2-6-20-44)45-33-35-52-51-25-11-14-28-56(51)61(57(52)38-45)40-41-31-32-43(61)37-41/h1-30,33-36,38-39,41,43H,31-32,37,40H2. The molecule has 13 rings (SSSR count). The van der Waals surface area contributed by atoms with Crippen LogP contribution in [0.5, 0.6) is 0 Å². The molecule has 1 spiro atoms. The Hall–Kier alpha value is -7.42. The molecule has 2 bridgehead atoms. The lowest BCUT2D eigenvalue weighted by Gasteiger charge is -2.37. The van der Waals surface area contributed by atoms with Gasteiger partial charge in [-0.2, -0.15) is 0 Å². The van der Waals surface area contributed by atoms with E-state index in [1.807, 2.05) is 0 Å². The molecule has 3 aliphatic rings. The van der Waals surface area contributed by atoms with Crippen LogP contribution in [0.1, 0.15) is 36.8 Å². The Morgan fingerprint density at radius 3 is 1.75 bits per heavy atom. The number of anilines is 3. The van der Waals surface area contributed by atoms with E-state index < -0.39 is 0 Å². The maximum atomic E-state index is 2.60. The van der Waals surface area contributed by atoms with Gasteiger partial charge in [-0.1, -0.05) is 176 Å². The highest BCUT2D eigenvalue weighted by Crippen LogP contribution is 2.66. The highest BCUT2D eigenvalue weighted by Gasteiger charge is 2.56. The minimum Gasteiger partial charge on any atom is -0.310 e. The van der Waals surface area contributed by atoms with Gasteiger partial charge in [-0.25, -0.2) is 0 Å². The van der Waals surface area contributed by atoms with E-state index in [0.717, 1.165) is 23.0 Å². The number of para-hydroxylation sites is 3. The molecule has 2 saturated carbocycles. The first-order valence-electron chi connectivity index (χ1n) is 22.7. The molecule has 63 heavy (non-hydrogen) atoms. The first kappa shape index (κ1) is 36.3. The van der Waals surface area contributed by atoms with Crippen LogP contribution in [0.2, 0.25) is 0 Å². The molecule has 10 aromatic rings.